The molecule has 0 saturated carbocycles. The first kappa shape index (κ1) is 17.8. The molecule has 24 heavy (non-hydrogen) atoms. The lowest BCUT2D eigenvalue weighted by atomic mass is 10.2. The van der Waals surface area contributed by atoms with Gasteiger partial charge in [0, 0.05) is 13.0 Å². The topological polar surface area (TPSA) is 89.3 Å². The van der Waals surface area contributed by atoms with Crippen LogP contribution in [0.3, 0.4) is 0 Å². The van der Waals surface area contributed by atoms with Crippen molar-refractivity contribution in [1.29, 1.82) is 0 Å². The third kappa shape index (κ3) is 5.60. The SMILES string of the molecule is NS(=O)(=O)c1ccc(CNC(=O)CC=Cc2ccc(F)cc2)cc1. The summed E-state index contributed by atoms with van der Waals surface area (Å²) in [7, 11) is -3.71. The van der Waals surface area contributed by atoms with Crippen molar-refractivity contribution in [2.24, 2.45) is 5.14 Å². The lowest BCUT2D eigenvalue weighted by molar-refractivity contribution is -0.120. The van der Waals surface area contributed by atoms with Crippen molar-refractivity contribution in [2.45, 2.75) is 17.9 Å². The summed E-state index contributed by atoms with van der Waals surface area (Å²) in [6.45, 7) is 0.286. The van der Waals surface area contributed by atoms with Crippen molar-refractivity contribution < 1.29 is 17.6 Å². The Hall–Kier alpha value is -2.51. The van der Waals surface area contributed by atoms with Gasteiger partial charge in [-0.1, -0.05) is 36.4 Å². The second-order valence-corrected chi connectivity index (χ2v) is 6.69. The summed E-state index contributed by atoms with van der Waals surface area (Å²) in [5.41, 5.74) is 1.57. The molecule has 0 aliphatic heterocycles. The summed E-state index contributed by atoms with van der Waals surface area (Å²) in [6.07, 6.45) is 3.61. The summed E-state index contributed by atoms with van der Waals surface area (Å²) >= 11 is 0. The van der Waals surface area contributed by atoms with Crippen molar-refractivity contribution in [2.75, 3.05) is 0 Å². The number of hydrogen-bond acceptors (Lipinski definition) is 3. The van der Waals surface area contributed by atoms with Gasteiger partial charge in [0.15, 0.2) is 0 Å². The summed E-state index contributed by atoms with van der Waals surface area (Å²) in [4.78, 5) is 11.8. The van der Waals surface area contributed by atoms with Crippen LogP contribution in [-0.4, -0.2) is 14.3 Å². The Morgan fingerprint density at radius 3 is 2.29 bits per heavy atom. The van der Waals surface area contributed by atoms with E-state index in [1.807, 2.05) is 0 Å². The van der Waals surface area contributed by atoms with E-state index in [0.29, 0.717) is 0 Å². The standard InChI is InChI=1S/C17H17FN2O3S/c18-15-8-4-13(5-9-15)2-1-3-17(21)20-12-14-6-10-16(11-7-14)24(19,22)23/h1-2,4-11H,3,12H2,(H,20,21)(H2,19,22,23). The van der Waals surface area contributed by atoms with Crippen LogP contribution in [-0.2, 0) is 21.4 Å². The molecule has 0 saturated heterocycles. The Labute approximate surface area is 140 Å². The molecule has 0 bridgehead atoms. The van der Waals surface area contributed by atoms with E-state index in [1.165, 1.54) is 24.3 Å². The van der Waals surface area contributed by atoms with E-state index in [9.17, 15) is 17.6 Å². The van der Waals surface area contributed by atoms with E-state index in [-0.39, 0.29) is 29.6 Å². The van der Waals surface area contributed by atoms with Gasteiger partial charge in [-0.05, 0) is 35.4 Å². The van der Waals surface area contributed by atoms with Crippen molar-refractivity contribution >= 4 is 22.0 Å². The monoisotopic (exact) mass is 348 g/mol. The average molecular weight is 348 g/mol. The number of nitrogens with two attached hydrogens (primary N) is 1. The molecular weight excluding hydrogens is 331 g/mol. The van der Waals surface area contributed by atoms with Crippen LogP contribution in [0.15, 0.2) is 59.5 Å². The molecule has 2 rings (SSSR count). The first-order chi connectivity index (χ1) is 11.3. The zero-order valence-corrected chi connectivity index (χ0v) is 13.6. The number of primary sulfonamides is 1. The van der Waals surface area contributed by atoms with E-state index < -0.39 is 10.0 Å². The lowest BCUT2D eigenvalue weighted by Crippen LogP contribution is -2.21. The van der Waals surface area contributed by atoms with Crippen molar-refractivity contribution in [1.82, 2.24) is 5.32 Å². The van der Waals surface area contributed by atoms with Gasteiger partial charge in [-0.3, -0.25) is 4.79 Å². The molecule has 2 aromatic rings. The average Bonchev–Trinajstić information content (AvgIpc) is 2.54. The summed E-state index contributed by atoms with van der Waals surface area (Å²) in [5.74, 6) is -0.484. The van der Waals surface area contributed by atoms with Gasteiger partial charge < -0.3 is 5.32 Å². The first-order valence-corrected chi connectivity index (χ1v) is 8.70. The third-order valence-corrected chi connectivity index (χ3v) is 4.15. The number of halogens is 1. The molecule has 5 nitrogen and oxygen atoms in total. The maximum atomic E-state index is 12.8. The van der Waals surface area contributed by atoms with Crippen LogP contribution >= 0.6 is 0 Å². The Balaban J connectivity index is 1.81. The molecule has 0 aliphatic carbocycles. The molecule has 0 fully saturated rings. The maximum Gasteiger partial charge on any atom is 0.238 e. The maximum absolute atomic E-state index is 12.8. The molecule has 0 heterocycles. The Morgan fingerprint density at radius 2 is 1.71 bits per heavy atom. The Bertz CT molecular complexity index is 829. The molecule has 1 amide bonds. The molecule has 0 aliphatic rings. The molecule has 2 aromatic carbocycles. The second kappa shape index (κ2) is 7.85. The number of amides is 1. The van der Waals surface area contributed by atoms with Gasteiger partial charge in [0.05, 0.1) is 4.90 Å². The molecule has 0 aromatic heterocycles. The van der Waals surface area contributed by atoms with Crippen LogP contribution in [0.4, 0.5) is 4.39 Å². The van der Waals surface area contributed by atoms with Gasteiger partial charge in [0.2, 0.25) is 15.9 Å². The molecule has 126 valence electrons. The lowest BCUT2D eigenvalue weighted by Gasteiger charge is -2.05. The quantitative estimate of drug-likeness (QED) is 0.838. The van der Waals surface area contributed by atoms with E-state index in [4.69, 9.17) is 5.14 Å². The minimum atomic E-state index is -3.71. The number of benzene rings is 2. The number of hydrogen-bond donors (Lipinski definition) is 2. The molecule has 7 heteroatoms. The van der Waals surface area contributed by atoms with Crippen molar-refractivity contribution in [3.63, 3.8) is 0 Å². The molecule has 0 atom stereocenters. The number of rotatable bonds is 6. The van der Waals surface area contributed by atoms with Gasteiger partial charge in [0.1, 0.15) is 5.82 Å². The largest absolute Gasteiger partial charge is 0.352 e. The minimum Gasteiger partial charge on any atom is -0.352 e. The third-order valence-electron chi connectivity index (χ3n) is 3.23. The number of sulfonamides is 1. The predicted octanol–water partition coefficient (Wildman–Crippen LogP) is 2.19. The Morgan fingerprint density at radius 1 is 1.08 bits per heavy atom. The molecule has 3 N–H and O–H groups in total. The minimum absolute atomic E-state index is 0.0276. The van der Waals surface area contributed by atoms with E-state index in [2.05, 4.69) is 5.32 Å². The van der Waals surface area contributed by atoms with E-state index in [0.717, 1.165) is 11.1 Å². The summed E-state index contributed by atoms with van der Waals surface area (Å²) < 4.78 is 35.0. The zero-order chi connectivity index (χ0) is 17.6. The van der Waals surface area contributed by atoms with Crippen LogP contribution in [0.25, 0.3) is 6.08 Å². The summed E-state index contributed by atoms with van der Waals surface area (Å²) in [6, 6.07) is 11.9. The fraction of sp³-hybridized carbons (Fsp3) is 0.118. The smallest absolute Gasteiger partial charge is 0.238 e. The first-order valence-electron chi connectivity index (χ1n) is 7.15. The van der Waals surface area contributed by atoms with Gasteiger partial charge in [0.25, 0.3) is 0 Å². The van der Waals surface area contributed by atoms with Gasteiger partial charge in [-0.15, -0.1) is 0 Å². The highest BCUT2D eigenvalue weighted by molar-refractivity contribution is 7.89. The summed E-state index contributed by atoms with van der Waals surface area (Å²) in [5, 5.41) is 7.74. The predicted molar refractivity (Wildman–Crippen MR) is 89.7 cm³/mol. The molecule has 0 spiro atoms. The number of carbonyl (C=O) groups excluding carboxylic acids is 1. The molecule has 0 unspecified atom stereocenters. The fourth-order valence-corrected chi connectivity index (χ4v) is 2.46. The van der Waals surface area contributed by atoms with E-state index >= 15 is 0 Å². The van der Waals surface area contributed by atoms with Crippen LogP contribution in [0.5, 0.6) is 0 Å². The Kier molecular flexibility index (Phi) is 5.83. The van der Waals surface area contributed by atoms with Crippen molar-refractivity contribution in [3.05, 3.63) is 71.6 Å². The number of carbonyl (C=O) groups is 1. The van der Waals surface area contributed by atoms with Crippen LogP contribution < -0.4 is 10.5 Å². The second-order valence-electron chi connectivity index (χ2n) is 5.12. The number of nitrogens with one attached hydrogen (secondary N) is 1. The fourth-order valence-electron chi connectivity index (χ4n) is 1.95. The highest BCUT2D eigenvalue weighted by Gasteiger charge is 2.07. The normalized spacial score (nSPS) is 11.6. The van der Waals surface area contributed by atoms with Gasteiger partial charge in [-0.25, -0.2) is 17.9 Å². The highest BCUT2D eigenvalue weighted by atomic mass is 32.2. The molecular formula is C17H17FN2O3S. The van der Waals surface area contributed by atoms with Crippen LogP contribution in [0.1, 0.15) is 17.5 Å². The van der Waals surface area contributed by atoms with Crippen LogP contribution in [0, 0.1) is 5.82 Å². The van der Waals surface area contributed by atoms with Crippen molar-refractivity contribution in [3.8, 4) is 0 Å². The highest BCUT2D eigenvalue weighted by Crippen LogP contribution is 2.09. The van der Waals surface area contributed by atoms with Gasteiger partial charge in [-0.2, -0.15) is 0 Å². The van der Waals surface area contributed by atoms with Crippen LogP contribution in [0.2, 0.25) is 0 Å². The zero-order valence-electron chi connectivity index (χ0n) is 12.8. The van der Waals surface area contributed by atoms with E-state index in [1.54, 1.807) is 36.4 Å². The van der Waals surface area contributed by atoms with Gasteiger partial charge >= 0.3 is 0 Å². The molecule has 0 radical (unpaired) electrons.